The minimum Gasteiger partial charge on any atom is -0.350 e. The van der Waals surface area contributed by atoms with Crippen LogP contribution in [0, 0.1) is 13.8 Å². The molecule has 25 heavy (non-hydrogen) atoms. The molecule has 0 saturated carbocycles. The average molecular weight is 335 g/mol. The molecule has 0 saturated heterocycles. The second-order valence-electron chi connectivity index (χ2n) is 6.08. The molecule has 0 aliphatic heterocycles. The van der Waals surface area contributed by atoms with Gasteiger partial charge in [-0.1, -0.05) is 12.1 Å². The van der Waals surface area contributed by atoms with Gasteiger partial charge < -0.3 is 5.32 Å². The number of aromatic nitrogens is 4. The van der Waals surface area contributed by atoms with E-state index in [0.29, 0.717) is 17.9 Å². The van der Waals surface area contributed by atoms with Gasteiger partial charge in [-0.15, -0.1) is 0 Å². The highest BCUT2D eigenvalue weighted by atomic mass is 16.1. The van der Waals surface area contributed by atoms with E-state index in [-0.39, 0.29) is 11.9 Å². The second-order valence-corrected chi connectivity index (χ2v) is 6.08. The molecule has 2 heterocycles. The first kappa shape index (κ1) is 16.8. The molecule has 0 bridgehead atoms. The Bertz CT molecular complexity index is 855. The molecule has 1 N–H and O–H groups in total. The van der Waals surface area contributed by atoms with Crippen LogP contribution < -0.4 is 5.32 Å². The van der Waals surface area contributed by atoms with Gasteiger partial charge in [0, 0.05) is 35.8 Å². The molecule has 3 rings (SSSR count). The number of carbonyl (C=O) groups excluding carboxylic acids is 1. The lowest BCUT2D eigenvalue weighted by atomic mass is 10.1. The zero-order chi connectivity index (χ0) is 17.8. The first-order chi connectivity index (χ1) is 12.0. The summed E-state index contributed by atoms with van der Waals surface area (Å²) in [5.41, 5.74) is 3.56. The smallest absolute Gasteiger partial charge is 0.251 e. The first-order valence-electron chi connectivity index (χ1n) is 8.23. The maximum absolute atomic E-state index is 12.3. The lowest BCUT2D eigenvalue weighted by molar-refractivity contribution is 0.0947. The Kier molecular flexibility index (Phi) is 4.88. The van der Waals surface area contributed by atoms with Crippen LogP contribution in [0.5, 0.6) is 0 Å². The third-order valence-corrected chi connectivity index (χ3v) is 3.99. The fourth-order valence-electron chi connectivity index (χ4n) is 2.74. The van der Waals surface area contributed by atoms with E-state index in [1.54, 1.807) is 30.6 Å². The number of carbonyl (C=O) groups is 1. The molecule has 1 atom stereocenters. The topological polar surface area (TPSA) is 72.7 Å². The van der Waals surface area contributed by atoms with Crippen LogP contribution in [0.4, 0.5) is 0 Å². The van der Waals surface area contributed by atoms with E-state index < -0.39 is 0 Å². The lowest BCUT2D eigenvalue weighted by Crippen LogP contribution is -2.30. The van der Waals surface area contributed by atoms with E-state index in [1.165, 1.54) is 0 Å². The average Bonchev–Trinajstić information content (AvgIpc) is 2.98. The van der Waals surface area contributed by atoms with Crippen molar-refractivity contribution in [2.75, 3.05) is 6.54 Å². The molecule has 128 valence electrons. The zero-order valence-electron chi connectivity index (χ0n) is 14.6. The SMILES string of the molecule is Cc1cc(C)n([C@H](C)CNC(=O)c2ccc(-c3ncccn3)cc2)n1. The monoisotopic (exact) mass is 335 g/mol. The Morgan fingerprint density at radius 3 is 2.44 bits per heavy atom. The molecule has 1 amide bonds. The quantitative estimate of drug-likeness (QED) is 0.778. The molecule has 2 aromatic heterocycles. The number of benzene rings is 1. The van der Waals surface area contributed by atoms with Gasteiger partial charge in [0.15, 0.2) is 5.82 Å². The Hall–Kier alpha value is -3.02. The van der Waals surface area contributed by atoms with Gasteiger partial charge >= 0.3 is 0 Å². The first-order valence-corrected chi connectivity index (χ1v) is 8.23. The molecular weight excluding hydrogens is 314 g/mol. The van der Waals surface area contributed by atoms with Crippen molar-refractivity contribution in [1.29, 1.82) is 0 Å². The van der Waals surface area contributed by atoms with Crippen molar-refractivity contribution in [2.45, 2.75) is 26.8 Å². The third kappa shape index (κ3) is 3.91. The summed E-state index contributed by atoms with van der Waals surface area (Å²) in [6.07, 6.45) is 3.40. The van der Waals surface area contributed by atoms with Crippen LogP contribution in [0.25, 0.3) is 11.4 Å². The summed E-state index contributed by atoms with van der Waals surface area (Å²) in [5, 5.41) is 7.42. The molecule has 6 nitrogen and oxygen atoms in total. The van der Waals surface area contributed by atoms with Gasteiger partial charge in [0.05, 0.1) is 11.7 Å². The van der Waals surface area contributed by atoms with Crippen molar-refractivity contribution in [2.24, 2.45) is 0 Å². The van der Waals surface area contributed by atoms with Crippen LogP contribution in [0.2, 0.25) is 0 Å². The Labute approximate surface area is 146 Å². The van der Waals surface area contributed by atoms with E-state index in [4.69, 9.17) is 0 Å². The number of amides is 1. The lowest BCUT2D eigenvalue weighted by Gasteiger charge is -2.15. The fraction of sp³-hybridized carbons (Fsp3) is 0.263. The minimum atomic E-state index is -0.103. The Balaban J connectivity index is 1.62. The van der Waals surface area contributed by atoms with Crippen molar-refractivity contribution >= 4 is 5.91 Å². The highest BCUT2D eigenvalue weighted by Gasteiger charge is 2.12. The van der Waals surface area contributed by atoms with E-state index in [0.717, 1.165) is 17.0 Å². The Morgan fingerprint density at radius 2 is 1.84 bits per heavy atom. The Morgan fingerprint density at radius 1 is 1.16 bits per heavy atom. The van der Waals surface area contributed by atoms with Crippen LogP contribution >= 0.6 is 0 Å². The van der Waals surface area contributed by atoms with E-state index >= 15 is 0 Å². The molecule has 0 aliphatic rings. The van der Waals surface area contributed by atoms with Crippen LogP contribution in [0.3, 0.4) is 0 Å². The van der Waals surface area contributed by atoms with Gasteiger partial charge in [-0.25, -0.2) is 9.97 Å². The van der Waals surface area contributed by atoms with E-state index in [2.05, 4.69) is 20.4 Å². The fourth-order valence-corrected chi connectivity index (χ4v) is 2.74. The molecule has 0 radical (unpaired) electrons. The standard InChI is InChI=1S/C19H21N5O/c1-13-11-14(2)24(23-13)15(3)12-22-19(25)17-7-5-16(6-8-17)18-20-9-4-10-21-18/h4-11,15H,12H2,1-3H3,(H,22,25)/t15-/m1/s1. The molecule has 0 spiro atoms. The number of rotatable bonds is 5. The number of hydrogen-bond donors (Lipinski definition) is 1. The number of hydrogen-bond acceptors (Lipinski definition) is 4. The van der Waals surface area contributed by atoms with Gasteiger partial charge in [-0.2, -0.15) is 5.10 Å². The predicted molar refractivity (Wildman–Crippen MR) is 96.2 cm³/mol. The van der Waals surface area contributed by atoms with Gasteiger partial charge in [0.2, 0.25) is 0 Å². The molecule has 0 aliphatic carbocycles. The summed E-state index contributed by atoms with van der Waals surface area (Å²) in [4.78, 5) is 20.8. The van der Waals surface area contributed by atoms with Crippen molar-refractivity contribution in [1.82, 2.24) is 25.1 Å². The van der Waals surface area contributed by atoms with Crippen molar-refractivity contribution in [3.8, 4) is 11.4 Å². The van der Waals surface area contributed by atoms with Crippen molar-refractivity contribution in [3.63, 3.8) is 0 Å². The molecule has 0 fully saturated rings. The molecule has 6 heteroatoms. The van der Waals surface area contributed by atoms with E-state index in [9.17, 15) is 4.79 Å². The molecule has 1 aromatic carbocycles. The van der Waals surface area contributed by atoms with Crippen LogP contribution in [0.15, 0.2) is 48.8 Å². The zero-order valence-corrected chi connectivity index (χ0v) is 14.6. The summed E-state index contributed by atoms with van der Waals surface area (Å²) in [7, 11) is 0. The second kappa shape index (κ2) is 7.25. The highest BCUT2D eigenvalue weighted by molar-refractivity contribution is 5.94. The number of nitrogens with zero attached hydrogens (tertiary/aromatic N) is 4. The number of aryl methyl sites for hydroxylation is 2. The maximum Gasteiger partial charge on any atom is 0.251 e. The molecule has 3 aromatic rings. The van der Waals surface area contributed by atoms with Crippen molar-refractivity contribution < 1.29 is 4.79 Å². The van der Waals surface area contributed by atoms with Crippen molar-refractivity contribution in [3.05, 3.63) is 65.7 Å². The van der Waals surface area contributed by atoms with Gasteiger partial charge in [-0.3, -0.25) is 9.48 Å². The normalized spacial score (nSPS) is 12.0. The van der Waals surface area contributed by atoms with Gasteiger partial charge in [-0.05, 0) is 45.0 Å². The summed E-state index contributed by atoms with van der Waals surface area (Å²) in [6.45, 7) is 6.54. The predicted octanol–water partition coefficient (Wildman–Crippen LogP) is 2.95. The molecular formula is C19H21N5O. The molecule has 0 unspecified atom stereocenters. The van der Waals surface area contributed by atoms with Gasteiger partial charge in [0.25, 0.3) is 5.91 Å². The van der Waals surface area contributed by atoms with Crippen LogP contribution in [0.1, 0.15) is 34.7 Å². The largest absolute Gasteiger partial charge is 0.350 e. The summed E-state index contributed by atoms with van der Waals surface area (Å²) < 4.78 is 1.94. The third-order valence-electron chi connectivity index (χ3n) is 3.99. The van der Waals surface area contributed by atoms with Gasteiger partial charge in [0.1, 0.15) is 0 Å². The summed E-state index contributed by atoms with van der Waals surface area (Å²) in [5.74, 6) is 0.543. The number of nitrogens with one attached hydrogen (secondary N) is 1. The van der Waals surface area contributed by atoms with E-state index in [1.807, 2.05) is 43.7 Å². The summed E-state index contributed by atoms with van der Waals surface area (Å²) in [6, 6.07) is 11.2. The van der Waals surface area contributed by atoms with Crippen LogP contribution in [-0.2, 0) is 0 Å². The highest BCUT2D eigenvalue weighted by Crippen LogP contribution is 2.15. The minimum absolute atomic E-state index is 0.0923. The summed E-state index contributed by atoms with van der Waals surface area (Å²) >= 11 is 0. The van der Waals surface area contributed by atoms with Crippen LogP contribution in [-0.4, -0.2) is 32.2 Å². The maximum atomic E-state index is 12.3.